The van der Waals surface area contributed by atoms with Crippen molar-refractivity contribution in [1.82, 2.24) is 0 Å². The van der Waals surface area contributed by atoms with Crippen molar-refractivity contribution in [2.45, 2.75) is 19.9 Å². The third kappa shape index (κ3) is 3.37. The van der Waals surface area contributed by atoms with Gasteiger partial charge in [0.25, 0.3) is 0 Å². The van der Waals surface area contributed by atoms with E-state index in [0.717, 1.165) is 20.2 Å². The molecule has 0 radical (unpaired) electrons. The summed E-state index contributed by atoms with van der Waals surface area (Å²) < 4.78 is 15.7. The van der Waals surface area contributed by atoms with Gasteiger partial charge in [-0.1, -0.05) is 18.2 Å². The van der Waals surface area contributed by atoms with E-state index >= 15 is 0 Å². The van der Waals surface area contributed by atoms with Crippen LogP contribution in [0.15, 0.2) is 45.3 Å². The molecular weight excluding hydrogens is 373 g/mol. The van der Waals surface area contributed by atoms with Crippen LogP contribution in [0.3, 0.4) is 0 Å². The molecule has 0 amide bonds. The van der Waals surface area contributed by atoms with E-state index < -0.39 is 0 Å². The van der Waals surface area contributed by atoms with E-state index in [1.807, 2.05) is 32.0 Å². The number of rotatable bonds is 3. The number of anilines is 1. The lowest BCUT2D eigenvalue weighted by atomic mass is 10.1. The number of nitrogens with one attached hydrogen (secondary N) is 1. The van der Waals surface area contributed by atoms with E-state index in [-0.39, 0.29) is 11.9 Å². The van der Waals surface area contributed by atoms with Crippen molar-refractivity contribution in [3.63, 3.8) is 0 Å². The highest BCUT2D eigenvalue weighted by atomic mass is 79.9. The van der Waals surface area contributed by atoms with Crippen LogP contribution >= 0.6 is 31.9 Å². The molecule has 0 aliphatic rings. The van der Waals surface area contributed by atoms with Crippen LogP contribution in [0, 0.1) is 12.7 Å². The van der Waals surface area contributed by atoms with Gasteiger partial charge in [0.2, 0.25) is 0 Å². The maximum atomic E-state index is 13.7. The Morgan fingerprint density at radius 1 is 1.11 bits per heavy atom. The highest BCUT2D eigenvalue weighted by Gasteiger charge is 2.13. The van der Waals surface area contributed by atoms with E-state index in [1.165, 1.54) is 6.07 Å². The second kappa shape index (κ2) is 6.06. The van der Waals surface area contributed by atoms with Gasteiger partial charge in [0, 0.05) is 14.5 Å². The summed E-state index contributed by atoms with van der Waals surface area (Å²) in [6.07, 6.45) is 0. The Kier molecular flexibility index (Phi) is 4.63. The predicted molar refractivity (Wildman–Crippen MR) is 85.0 cm³/mol. The van der Waals surface area contributed by atoms with Crippen molar-refractivity contribution in [2.24, 2.45) is 0 Å². The van der Waals surface area contributed by atoms with Gasteiger partial charge < -0.3 is 5.32 Å². The standard InChI is InChI=1S/C15H14Br2FN/c1-9-7-12(16)15(13(17)8-9)19-10(2)11-5-3-4-6-14(11)18/h3-8,10,19H,1-2H3. The molecule has 0 saturated carbocycles. The molecule has 100 valence electrons. The second-order valence-corrected chi connectivity index (χ2v) is 6.20. The van der Waals surface area contributed by atoms with Gasteiger partial charge in [0.15, 0.2) is 0 Å². The zero-order valence-corrected chi connectivity index (χ0v) is 13.8. The number of aryl methyl sites for hydroxylation is 1. The van der Waals surface area contributed by atoms with Crippen LogP contribution in [0.2, 0.25) is 0 Å². The molecule has 0 aliphatic heterocycles. The minimum atomic E-state index is -0.193. The lowest BCUT2D eigenvalue weighted by Crippen LogP contribution is -2.09. The SMILES string of the molecule is Cc1cc(Br)c(NC(C)c2ccccc2F)c(Br)c1. The minimum absolute atomic E-state index is 0.114. The molecule has 0 bridgehead atoms. The molecule has 1 atom stereocenters. The average molecular weight is 387 g/mol. The Morgan fingerprint density at radius 3 is 2.26 bits per heavy atom. The Morgan fingerprint density at radius 2 is 1.68 bits per heavy atom. The van der Waals surface area contributed by atoms with E-state index in [0.29, 0.717) is 5.56 Å². The highest BCUT2D eigenvalue weighted by molar-refractivity contribution is 9.11. The largest absolute Gasteiger partial charge is 0.377 e. The summed E-state index contributed by atoms with van der Waals surface area (Å²) in [6, 6.07) is 10.8. The number of hydrogen-bond acceptors (Lipinski definition) is 1. The lowest BCUT2D eigenvalue weighted by molar-refractivity contribution is 0.600. The van der Waals surface area contributed by atoms with E-state index in [4.69, 9.17) is 0 Å². The summed E-state index contributed by atoms with van der Waals surface area (Å²) in [7, 11) is 0. The summed E-state index contributed by atoms with van der Waals surface area (Å²) >= 11 is 7.06. The molecule has 2 rings (SSSR count). The predicted octanol–water partition coefficient (Wildman–Crippen LogP) is 5.83. The van der Waals surface area contributed by atoms with E-state index in [2.05, 4.69) is 37.2 Å². The van der Waals surface area contributed by atoms with E-state index in [9.17, 15) is 4.39 Å². The summed E-state index contributed by atoms with van der Waals surface area (Å²) in [4.78, 5) is 0. The fraction of sp³-hybridized carbons (Fsp3) is 0.200. The Balaban J connectivity index is 2.29. The molecule has 0 fully saturated rings. The van der Waals surface area contributed by atoms with Crippen molar-refractivity contribution in [1.29, 1.82) is 0 Å². The van der Waals surface area contributed by atoms with Gasteiger partial charge in [0.05, 0.1) is 11.7 Å². The molecule has 0 aliphatic carbocycles. The molecule has 19 heavy (non-hydrogen) atoms. The summed E-state index contributed by atoms with van der Waals surface area (Å²) in [5.74, 6) is -0.193. The van der Waals surface area contributed by atoms with Crippen LogP contribution in [0.4, 0.5) is 10.1 Å². The molecule has 0 heterocycles. The molecule has 1 unspecified atom stereocenters. The van der Waals surface area contributed by atoms with Crippen LogP contribution in [-0.4, -0.2) is 0 Å². The third-order valence-electron chi connectivity index (χ3n) is 2.92. The maximum absolute atomic E-state index is 13.7. The smallest absolute Gasteiger partial charge is 0.128 e. The van der Waals surface area contributed by atoms with Gasteiger partial charge in [0.1, 0.15) is 5.82 Å². The van der Waals surface area contributed by atoms with Gasteiger partial charge in [-0.25, -0.2) is 4.39 Å². The lowest BCUT2D eigenvalue weighted by Gasteiger charge is -2.19. The van der Waals surface area contributed by atoms with Crippen LogP contribution in [0.25, 0.3) is 0 Å². The first-order chi connectivity index (χ1) is 8.99. The average Bonchev–Trinajstić information content (AvgIpc) is 2.34. The molecule has 4 heteroatoms. The van der Waals surface area contributed by atoms with Crippen molar-refractivity contribution < 1.29 is 4.39 Å². The Labute approximate surface area is 129 Å². The number of hydrogen-bond donors (Lipinski definition) is 1. The molecule has 0 saturated heterocycles. The van der Waals surface area contributed by atoms with Crippen LogP contribution in [-0.2, 0) is 0 Å². The normalized spacial score (nSPS) is 12.3. The molecule has 0 spiro atoms. The third-order valence-corrected chi connectivity index (χ3v) is 4.17. The molecular formula is C15H14Br2FN. The van der Waals surface area contributed by atoms with Crippen LogP contribution in [0.1, 0.15) is 24.1 Å². The van der Waals surface area contributed by atoms with Gasteiger partial charge in [-0.2, -0.15) is 0 Å². The van der Waals surface area contributed by atoms with Crippen molar-refractivity contribution in [2.75, 3.05) is 5.32 Å². The molecule has 2 aromatic rings. The van der Waals surface area contributed by atoms with Crippen molar-refractivity contribution in [3.05, 3.63) is 62.3 Å². The molecule has 1 nitrogen and oxygen atoms in total. The first-order valence-corrected chi connectivity index (χ1v) is 7.54. The number of halogens is 3. The topological polar surface area (TPSA) is 12.0 Å². The Hall–Kier alpha value is -0.870. The fourth-order valence-corrected chi connectivity index (χ4v) is 3.60. The van der Waals surface area contributed by atoms with Gasteiger partial charge in [-0.05, 0) is 69.5 Å². The fourth-order valence-electron chi connectivity index (χ4n) is 1.96. The monoisotopic (exact) mass is 385 g/mol. The quantitative estimate of drug-likeness (QED) is 0.699. The summed E-state index contributed by atoms with van der Waals surface area (Å²) in [5.41, 5.74) is 2.74. The van der Waals surface area contributed by atoms with E-state index in [1.54, 1.807) is 12.1 Å². The Bertz CT molecular complexity index is 575. The number of benzene rings is 2. The van der Waals surface area contributed by atoms with Gasteiger partial charge in [-0.15, -0.1) is 0 Å². The maximum Gasteiger partial charge on any atom is 0.128 e. The first-order valence-electron chi connectivity index (χ1n) is 5.95. The van der Waals surface area contributed by atoms with Crippen molar-refractivity contribution in [3.8, 4) is 0 Å². The minimum Gasteiger partial charge on any atom is -0.377 e. The molecule has 0 aromatic heterocycles. The zero-order valence-electron chi connectivity index (χ0n) is 10.7. The first kappa shape index (κ1) is 14.5. The second-order valence-electron chi connectivity index (χ2n) is 4.49. The summed E-state index contributed by atoms with van der Waals surface area (Å²) in [6.45, 7) is 3.97. The van der Waals surface area contributed by atoms with Crippen LogP contribution < -0.4 is 5.32 Å². The van der Waals surface area contributed by atoms with Crippen LogP contribution in [0.5, 0.6) is 0 Å². The van der Waals surface area contributed by atoms with Gasteiger partial charge >= 0.3 is 0 Å². The zero-order chi connectivity index (χ0) is 14.0. The van der Waals surface area contributed by atoms with Gasteiger partial charge in [-0.3, -0.25) is 0 Å². The molecule has 1 N–H and O–H groups in total. The molecule has 2 aromatic carbocycles. The van der Waals surface area contributed by atoms with Crippen molar-refractivity contribution >= 4 is 37.5 Å². The highest BCUT2D eigenvalue weighted by Crippen LogP contribution is 2.35. The summed E-state index contributed by atoms with van der Waals surface area (Å²) in [5, 5.41) is 3.33.